The summed E-state index contributed by atoms with van der Waals surface area (Å²) in [6.45, 7) is 10.3. The monoisotopic (exact) mass is 392 g/mol. The first kappa shape index (κ1) is 18.8. The Hall–Kier alpha value is -2.52. The Bertz CT molecular complexity index is 948. The topological polar surface area (TPSA) is 32.3 Å². The van der Waals surface area contributed by atoms with Gasteiger partial charge in [-0.2, -0.15) is 0 Å². The van der Waals surface area contributed by atoms with Gasteiger partial charge in [0, 0.05) is 28.7 Å². The second-order valence-electron chi connectivity index (χ2n) is 7.76. The van der Waals surface area contributed by atoms with Crippen LogP contribution in [0, 0.1) is 0 Å². The molecule has 0 spiro atoms. The minimum Gasteiger partial charge on any atom is -0.343 e. The lowest BCUT2D eigenvalue weighted by Crippen LogP contribution is -2.33. The van der Waals surface area contributed by atoms with E-state index < -0.39 is 0 Å². The van der Waals surface area contributed by atoms with E-state index in [1.54, 1.807) is 0 Å². The summed E-state index contributed by atoms with van der Waals surface area (Å²) in [7, 11) is 0. The first-order valence-electron chi connectivity index (χ1n) is 9.80. The highest BCUT2D eigenvalue weighted by atomic mass is 35.5. The molecule has 4 heteroatoms. The maximum Gasteiger partial charge on any atom is 0.231 e. The van der Waals surface area contributed by atoms with E-state index in [0.717, 1.165) is 53.8 Å². The Balaban J connectivity index is 1.64. The first-order chi connectivity index (χ1) is 13.5. The number of rotatable bonds is 3. The van der Waals surface area contributed by atoms with Gasteiger partial charge in [-0.15, -0.1) is 0 Å². The molecule has 2 aliphatic heterocycles. The highest BCUT2D eigenvalue weighted by molar-refractivity contribution is 6.34. The van der Waals surface area contributed by atoms with Crippen LogP contribution in [0.25, 0.3) is 11.1 Å². The predicted molar refractivity (Wildman–Crippen MR) is 116 cm³/mol. The largest absolute Gasteiger partial charge is 0.343 e. The van der Waals surface area contributed by atoms with Gasteiger partial charge in [-0.3, -0.25) is 4.79 Å². The van der Waals surface area contributed by atoms with Crippen molar-refractivity contribution in [2.45, 2.75) is 44.6 Å². The number of piperidine rings is 1. The Morgan fingerprint density at radius 3 is 2.46 bits per heavy atom. The number of benzene rings is 2. The van der Waals surface area contributed by atoms with Gasteiger partial charge in [-0.25, -0.2) is 0 Å². The molecule has 28 heavy (non-hydrogen) atoms. The molecule has 2 aliphatic rings. The van der Waals surface area contributed by atoms with Crippen molar-refractivity contribution < 1.29 is 4.79 Å². The summed E-state index contributed by atoms with van der Waals surface area (Å²) < 4.78 is 0. The molecule has 1 N–H and O–H groups in total. The molecule has 144 valence electrons. The molecule has 4 rings (SSSR count). The van der Waals surface area contributed by atoms with E-state index in [1.165, 1.54) is 5.70 Å². The van der Waals surface area contributed by atoms with Crippen molar-refractivity contribution in [3.63, 3.8) is 0 Å². The maximum atomic E-state index is 12.4. The van der Waals surface area contributed by atoms with Gasteiger partial charge in [-0.05, 0) is 55.9 Å². The Morgan fingerprint density at radius 1 is 1.07 bits per heavy atom. The van der Waals surface area contributed by atoms with Gasteiger partial charge in [0.2, 0.25) is 5.91 Å². The number of nitrogens with zero attached hydrogens (tertiary/aromatic N) is 1. The fourth-order valence-corrected chi connectivity index (χ4v) is 4.65. The van der Waals surface area contributed by atoms with Crippen LogP contribution in [0.2, 0.25) is 5.02 Å². The molecular formula is C24H25ClN2O. The maximum absolute atomic E-state index is 12.4. The van der Waals surface area contributed by atoms with Gasteiger partial charge in [0.15, 0.2) is 0 Å². The predicted octanol–water partition coefficient (Wildman–Crippen LogP) is 6.02. The van der Waals surface area contributed by atoms with Gasteiger partial charge in [-0.1, -0.05) is 55.1 Å². The summed E-state index contributed by atoms with van der Waals surface area (Å²) >= 11 is 6.76. The normalized spacial score (nSPS) is 22.5. The first-order valence-corrected chi connectivity index (χ1v) is 10.2. The molecular weight excluding hydrogens is 368 g/mol. The van der Waals surface area contributed by atoms with Crippen LogP contribution in [0.15, 0.2) is 67.0 Å². The number of halogens is 1. The quantitative estimate of drug-likeness (QED) is 0.692. The summed E-state index contributed by atoms with van der Waals surface area (Å²) in [6.07, 6.45) is 3.71. The Labute approximate surface area is 171 Å². The van der Waals surface area contributed by atoms with E-state index in [0.29, 0.717) is 11.1 Å². The summed E-state index contributed by atoms with van der Waals surface area (Å²) in [6, 6.07) is 14.9. The molecule has 2 atom stereocenters. The van der Waals surface area contributed by atoms with Crippen molar-refractivity contribution in [3.05, 3.63) is 77.6 Å². The summed E-state index contributed by atoms with van der Waals surface area (Å²) in [5, 5.41) is 3.51. The van der Waals surface area contributed by atoms with Crippen LogP contribution in [0.3, 0.4) is 0 Å². The summed E-state index contributed by atoms with van der Waals surface area (Å²) in [4.78, 5) is 14.7. The van der Waals surface area contributed by atoms with Crippen molar-refractivity contribution in [1.82, 2.24) is 5.32 Å². The number of hydrogen-bond acceptors (Lipinski definition) is 2. The van der Waals surface area contributed by atoms with Crippen molar-refractivity contribution in [1.29, 1.82) is 0 Å². The van der Waals surface area contributed by atoms with Gasteiger partial charge in [0.05, 0.1) is 10.9 Å². The number of anilines is 1. The van der Waals surface area contributed by atoms with Gasteiger partial charge < -0.3 is 10.2 Å². The lowest BCUT2D eigenvalue weighted by atomic mass is 9.88. The van der Waals surface area contributed by atoms with Crippen molar-refractivity contribution in [2.24, 2.45) is 0 Å². The molecule has 0 aromatic heterocycles. The molecule has 2 saturated heterocycles. The molecule has 2 aromatic rings. The number of amides is 1. The average molecular weight is 393 g/mol. The van der Waals surface area contributed by atoms with Crippen molar-refractivity contribution in [3.8, 4) is 11.1 Å². The molecule has 0 radical (unpaired) electrons. The molecule has 2 heterocycles. The zero-order valence-corrected chi connectivity index (χ0v) is 16.9. The molecule has 0 bridgehead atoms. The molecule has 0 saturated carbocycles. The van der Waals surface area contributed by atoms with E-state index in [9.17, 15) is 4.79 Å². The number of nitrogens with one attached hydrogen (secondary N) is 1. The Morgan fingerprint density at radius 2 is 1.82 bits per heavy atom. The number of hydrogen-bond donors (Lipinski definition) is 1. The molecule has 2 aromatic carbocycles. The average Bonchev–Trinajstić information content (AvgIpc) is 3.01. The molecule has 2 fully saturated rings. The van der Waals surface area contributed by atoms with Crippen LogP contribution in [0.5, 0.6) is 0 Å². The third-order valence-electron chi connectivity index (χ3n) is 5.84. The third kappa shape index (κ3) is 3.35. The van der Waals surface area contributed by atoms with E-state index in [1.807, 2.05) is 18.2 Å². The zero-order valence-electron chi connectivity index (χ0n) is 16.2. The minimum absolute atomic E-state index is 0.0211. The van der Waals surface area contributed by atoms with E-state index in [-0.39, 0.29) is 11.8 Å². The van der Waals surface area contributed by atoms with E-state index in [2.05, 4.69) is 54.6 Å². The highest BCUT2D eigenvalue weighted by Gasteiger charge is 2.28. The van der Waals surface area contributed by atoms with Gasteiger partial charge in [0.25, 0.3) is 0 Å². The van der Waals surface area contributed by atoms with Crippen molar-refractivity contribution >= 4 is 23.2 Å². The fourth-order valence-electron chi connectivity index (χ4n) is 4.29. The molecule has 1 amide bonds. The SMILES string of the molecule is C=C1CCC(c2cccc(-c3ccc(N4C(=C)CC[C@H]4C)cc3)c2Cl)C(=O)N1. The summed E-state index contributed by atoms with van der Waals surface area (Å²) in [5.41, 5.74) is 6.00. The fraction of sp³-hybridized carbons (Fsp3) is 0.292. The second kappa shape index (κ2) is 7.48. The smallest absolute Gasteiger partial charge is 0.231 e. The number of carbonyl (C=O) groups is 1. The standard InChI is InChI=1S/C24H25ClN2O/c1-15-7-14-22(24(28)26-15)21-6-4-5-20(23(21)25)18-10-12-19(13-11-18)27-16(2)8-9-17(27)3/h4-6,10-13,17,22H,1-2,7-9,14H2,3H3,(H,26,28)/t17-,22?/m1/s1. The van der Waals surface area contributed by atoms with E-state index >= 15 is 0 Å². The van der Waals surface area contributed by atoms with Crippen LogP contribution < -0.4 is 10.2 Å². The van der Waals surface area contributed by atoms with Gasteiger partial charge >= 0.3 is 0 Å². The van der Waals surface area contributed by atoms with Crippen LogP contribution in [-0.2, 0) is 4.79 Å². The third-order valence-corrected chi connectivity index (χ3v) is 6.27. The lowest BCUT2D eigenvalue weighted by Gasteiger charge is -2.26. The zero-order chi connectivity index (χ0) is 19.8. The minimum atomic E-state index is -0.231. The van der Waals surface area contributed by atoms with Crippen LogP contribution in [0.4, 0.5) is 5.69 Å². The Kier molecular flexibility index (Phi) is 5.03. The van der Waals surface area contributed by atoms with Crippen LogP contribution >= 0.6 is 11.6 Å². The van der Waals surface area contributed by atoms with Crippen LogP contribution in [-0.4, -0.2) is 11.9 Å². The van der Waals surface area contributed by atoms with Gasteiger partial charge in [0.1, 0.15) is 0 Å². The number of carbonyl (C=O) groups excluding carboxylic acids is 1. The second-order valence-corrected chi connectivity index (χ2v) is 8.14. The molecule has 1 unspecified atom stereocenters. The lowest BCUT2D eigenvalue weighted by molar-refractivity contribution is -0.122. The summed E-state index contributed by atoms with van der Waals surface area (Å²) in [5.74, 6) is -0.252. The number of allylic oxidation sites excluding steroid dienone is 2. The van der Waals surface area contributed by atoms with Crippen LogP contribution in [0.1, 0.15) is 44.1 Å². The molecule has 3 nitrogen and oxygen atoms in total. The van der Waals surface area contributed by atoms with E-state index in [4.69, 9.17) is 11.6 Å². The molecule has 0 aliphatic carbocycles. The highest BCUT2D eigenvalue weighted by Crippen LogP contribution is 2.39. The van der Waals surface area contributed by atoms with Crippen molar-refractivity contribution in [2.75, 3.05) is 4.90 Å².